The Hall–Kier alpha value is -4.51. The Morgan fingerprint density at radius 3 is 2.02 bits per heavy atom. The van der Waals surface area contributed by atoms with Crippen LogP contribution in [0.4, 0.5) is 0 Å². The van der Waals surface area contributed by atoms with Crippen molar-refractivity contribution in [3.05, 3.63) is 164 Å². The van der Waals surface area contributed by atoms with Gasteiger partial charge in [0.25, 0.3) is 0 Å². The van der Waals surface area contributed by atoms with Crippen molar-refractivity contribution in [2.24, 2.45) is 0 Å². The predicted octanol–water partition coefficient (Wildman–Crippen LogP) is 12.5. The van der Waals surface area contributed by atoms with Crippen molar-refractivity contribution >= 4 is 44.8 Å². The normalized spacial score (nSPS) is 11.7. The Kier molecular flexibility index (Phi) is 10.8. The SMILES string of the molecule is C[Si](C)(C)c1ccc(-c2[c-]cccc2)nc1.[2H]C(C)(C)c1ccnc(-c2[c-]ccc3c2sc2ccc(-c4ccc(-c5ccccc5)cc4)cc23)c1.[Ir]. The van der Waals surface area contributed by atoms with E-state index in [1.165, 1.54) is 47.6 Å². The molecule has 0 bridgehead atoms. The first-order chi connectivity index (χ1) is 24.5. The van der Waals surface area contributed by atoms with Crippen molar-refractivity contribution in [2.75, 3.05) is 0 Å². The van der Waals surface area contributed by atoms with Crippen LogP contribution in [-0.2, 0) is 20.1 Å². The van der Waals surface area contributed by atoms with Gasteiger partial charge in [-0.05, 0) is 73.0 Å². The van der Waals surface area contributed by atoms with Gasteiger partial charge in [0.1, 0.15) is 0 Å². The molecule has 0 fully saturated rings. The summed E-state index contributed by atoms with van der Waals surface area (Å²) in [6.45, 7) is 10.8. The number of hydrogen-bond donors (Lipinski definition) is 0. The van der Waals surface area contributed by atoms with Gasteiger partial charge in [0.15, 0.2) is 0 Å². The number of thiophene rings is 1. The van der Waals surface area contributed by atoms with Gasteiger partial charge in [-0.3, -0.25) is 0 Å². The number of rotatable bonds is 6. The number of benzene rings is 5. The summed E-state index contributed by atoms with van der Waals surface area (Å²) in [6, 6.07) is 53.0. The average Bonchev–Trinajstić information content (AvgIpc) is 3.54. The largest absolute Gasteiger partial charge is 0.305 e. The summed E-state index contributed by atoms with van der Waals surface area (Å²) in [5.41, 5.74) is 9.77. The second-order valence-corrected chi connectivity index (χ2v) is 19.9. The zero-order chi connectivity index (χ0) is 35.6. The third-order valence-corrected chi connectivity index (χ3v) is 12.2. The van der Waals surface area contributed by atoms with Crippen molar-refractivity contribution in [1.82, 2.24) is 9.97 Å². The van der Waals surface area contributed by atoms with Crippen LogP contribution >= 0.6 is 11.3 Å². The van der Waals surface area contributed by atoms with E-state index in [1.54, 1.807) is 17.5 Å². The Bertz CT molecular complexity index is 2410. The van der Waals surface area contributed by atoms with Crippen LogP contribution in [0.15, 0.2) is 146 Å². The van der Waals surface area contributed by atoms with Gasteiger partial charge in [-0.2, -0.15) is 11.3 Å². The molecule has 0 aliphatic heterocycles. The van der Waals surface area contributed by atoms with Crippen molar-refractivity contribution < 1.29 is 21.5 Å². The van der Waals surface area contributed by atoms with Gasteiger partial charge >= 0.3 is 0 Å². The van der Waals surface area contributed by atoms with Crippen LogP contribution in [0.3, 0.4) is 0 Å². The van der Waals surface area contributed by atoms with Crippen molar-refractivity contribution in [1.29, 1.82) is 0 Å². The van der Waals surface area contributed by atoms with Crippen LogP contribution in [-0.4, -0.2) is 18.0 Å². The van der Waals surface area contributed by atoms with Gasteiger partial charge in [-0.25, -0.2) is 0 Å². The molecule has 0 atom stereocenters. The third-order valence-electron chi connectivity index (χ3n) is 8.96. The molecule has 255 valence electrons. The standard InChI is InChI=1S/C32H24NS.C14H16NSi.Ir/c1-21(2)25-17-18-33-30(20-25)28-10-6-9-27-29-19-26(15-16-31(29)34-32(27)28)24-13-11-23(12-14-24)22-7-4-3-5-8-22;1-16(2,3)13-9-10-14(15-11-13)12-7-5-4-6-8-12;/h3-9,11-21H,1-2H3;4-7,9-11H,1-3H3;/q2*-1;/i21D;;. The van der Waals surface area contributed by atoms with Gasteiger partial charge < -0.3 is 9.97 Å². The molecular weight excluding hydrogens is 833 g/mol. The van der Waals surface area contributed by atoms with Crippen LogP contribution in [0, 0.1) is 12.1 Å². The predicted molar refractivity (Wildman–Crippen MR) is 218 cm³/mol. The van der Waals surface area contributed by atoms with E-state index in [2.05, 4.69) is 127 Å². The molecular formula is C46H40IrN2SSi-2. The van der Waals surface area contributed by atoms with Crippen LogP contribution < -0.4 is 5.19 Å². The van der Waals surface area contributed by atoms with E-state index in [-0.39, 0.29) is 20.1 Å². The minimum atomic E-state index is -1.23. The molecule has 0 N–H and O–H groups in total. The second kappa shape index (κ2) is 15.8. The smallest absolute Gasteiger partial charge is 0.0795 e. The fourth-order valence-electron chi connectivity index (χ4n) is 6.03. The zero-order valence-electron chi connectivity index (χ0n) is 30.5. The van der Waals surface area contributed by atoms with Gasteiger partial charge in [0, 0.05) is 38.6 Å². The van der Waals surface area contributed by atoms with Crippen molar-refractivity contribution in [3.63, 3.8) is 0 Å². The van der Waals surface area contributed by atoms with E-state index >= 15 is 0 Å². The molecule has 3 aromatic heterocycles. The molecule has 1 radical (unpaired) electrons. The Morgan fingerprint density at radius 1 is 0.647 bits per heavy atom. The quantitative estimate of drug-likeness (QED) is 0.123. The number of nitrogens with zero attached hydrogens (tertiary/aromatic N) is 2. The van der Waals surface area contributed by atoms with Crippen LogP contribution in [0.25, 0.3) is 64.9 Å². The topological polar surface area (TPSA) is 25.8 Å². The second-order valence-electron chi connectivity index (χ2n) is 13.7. The molecule has 2 nitrogen and oxygen atoms in total. The van der Waals surface area contributed by atoms with Crippen molar-refractivity contribution in [3.8, 4) is 44.8 Å². The maximum absolute atomic E-state index is 8.41. The molecule has 0 saturated carbocycles. The molecule has 8 aromatic rings. The minimum absolute atomic E-state index is 0. The first-order valence-electron chi connectivity index (χ1n) is 17.5. The van der Waals surface area contributed by atoms with E-state index in [4.69, 9.17) is 1.37 Å². The molecule has 0 saturated heterocycles. The average molecular weight is 874 g/mol. The zero-order valence-corrected chi connectivity index (χ0v) is 33.7. The summed E-state index contributed by atoms with van der Waals surface area (Å²) >= 11 is 1.78. The fourth-order valence-corrected chi connectivity index (χ4v) is 8.25. The molecule has 0 amide bonds. The summed E-state index contributed by atoms with van der Waals surface area (Å²) in [6.07, 6.45) is 3.82. The first-order valence-corrected chi connectivity index (χ1v) is 21.3. The van der Waals surface area contributed by atoms with E-state index in [1.807, 2.05) is 68.6 Å². The molecule has 0 aliphatic rings. The maximum atomic E-state index is 8.41. The molecule has 0 spiro atoms. The Balaban J connectivity index is 0.000000230. The third kappa shape index (κ3) is 8.19. The molecule has 8 rings (SSSR count). The molecule has 3 heterocycles. The molecule has 0 aliphatic carbocycles. The molecule has 5 heteroatoms. The summed E-state index contributed by atoms with van der Waals surface area (Å²) in [4.78, 5) is 9.15. The van der Waals surface area contributed by atoms with Crippen molar-refractivity contribution in [2.45, 2.75) is 39.4 Å². The first kappa shape index (κ1) is 34.9. The minimum Gasteiger partial charge on any atom is -0.305 e. The molecule has 0 unspecified atom stereocenters. The Labute approximate surface area is 322 Å². The van der Waals surface area contributed by atoms with Gasteiger partial charge in [-0.1, -0.05) is 123 Å². The van der Waals surface area contributed by atoms with Gasteiger partial charge in [0.05, 0.1) is 8.07 Å². The molecule has 51 heavy (non-hydrogen) atoms. The van der Waals surface area contributed by atoms with Crippen LogP contribution in [0.1, 0.15) is 26.7 Å². The van der Waals surface area contributed by atoms with E-state index < -0.39 is 14.0 Å². The summed E-state index contributed by atoms with van der Waals surface area (Å²) < 4.78 is 10.9. The van der Waals surface area contributed by atoms with Crippen LogP contribution in [0.2, 0.25) is 19.6 Å². The number of fused-ring (bicyclic) bond motifs is 3. The monoisotopic (exact) mass is 874 g/mol. The Morgan fingerprint density at radius 2 is 1.35 bits per heavy atom. The van der Waals surface area contributed by atoms with E-state index in [0.717, 1.165) is 28.1 Å². The van der Waals surface area contributed by atoms with E-state index in [9.17, 15) is 0 Å². The molecule has 5 aromatic carbocycles. The summed E-state index contributed by atoms with van der Waals surface area (Å²) in [7, 11) is -1.23. The maximum Gasteiger partial charge on any atom is 0.0795 e. The van der Waals surface area contributed by atoms with Crippen LogP contribution in [0.5, 0.6) is 0 Å². The summed E-state index contributed by atoms with van der Waals surface area (Å²) in [5.74, 6) is -0.670. The number of hydrogen-bond acceptors (Lipinski definition) is 3. The number of aromatic nitrogens is 2. The fraction of sp³-hybridized carbons (Fsp3) is 0.130. The number of pyridine rings is 2. The van der Waals surface area contributed by atoms with E-state index in [0.29, 0.717) is 0 Å². The van der Waals surface area contributed by atoms with Gasteiger partial charge in [-0.15, -0.1) is 59.7 Å². The summed E-state index contributed by atoms with van der Waals surface area (Å²) in [5, 5.41) is 3.87. The van der Waals surface area contributed by atoms with Gasteiger partial charge in [0.2, 0.25) is 0 Å².